The van der Waals surface area contributed by atoms with Gasteiger partial charge >= 0.3 is 5.97 Å². The van der Waals surface area contributed by atoms with Crippen LogP contribution in [0.4, 0.5) is 4.39 Å². The predicted molar refractivity (Wildman–Crippen MR) is 68.3 cm³/mol. The van der Waals surface area contributed by atoms with Crippen LogP contribution in [0.5, 0.6) is 0 Å². The molecule has 0 radical (unpaired) electrons. The monoisotopic (exact) mass is 351 g/mol. The molecular weight excluding hydrogens is 340 g/mol. The van der Waals surface area contributed by atoms with Crippen LogP contribution in [0.25, 0.3) is 0 Å². The largest absolute Gasteiger partial charge is 0.481 e. The van der Waals surface area contributed by atoms with Gasteiger partial charge in [0.2, 0.25) is 0 Å². The first-order chi connectivity index (χ1) is 7.91. The summed E-state index contributed by atoms with van der Waals surface area (Å²) in [6, 6.07) is 3.87. The predicted octanol–water partition coefficient (Wildman–Crippen LogP) is 1.98. The van der Waals surface area contributed by atoms with Crippen molar-refractivity contribution in [2.24, 2.45) is 0 Å². The van der Waals surface area contributed by atoms with Crippen molar-refractivity contribution in [3.8, 4) is 0 Å². The van der Waals surface area contributed by atoms with Gasteiger partial charge in [-0.2, -0.15) is 0 Å². The molecule has 1 rings (SSSR count). The summed E-state index contributed by atoms with van der Waals surface area (Å²) < 4.78 is 13.4. The zero-order valence-corrected chi connectivity index (χ0v) is 11.3. The molecule has 0 saturated carbocycles. The fourth-order valence-corrected chi connectivity index (χ4v) is 1.94. The number of hydrogen-bond donors (Lipinski definition) is 1. The minimum absolute atomic E-state index is 0.111. The van der Waals surface area contributed by atoms with Gasteiger partial charge in [-0.25, -0.2) is 4.39 Å². The van der Waals surface area contributed by atoms with E-state index in [9.17, 15) is 14.0 Å². The molecule has 0 atom stereocenters. The average molecular weight is 351 g/mol. The summed E-state index contributed by atoms with van der Waals surface area (Å²) in [6.07, 6.45) is -0.111. The minimum atomic E-state index is -0.960. The molecule has 4 nitrogen and oxygen atoms in total. The van der Waals surface area contributed by atoms with Crippen LogP contribution < -0.4 is 0 Å². The first-order valence-electron chi connectivity index (χ1n) is 4.84. The first kappa shape index (κ1) is 13.9. The van der Waals surface area contributed by atoms with E-state index < -0.39 is 11.8 Å². The Morgan fingerprint density at radius 3 is 2.65 bits per heavy atom. The van der Waals surface area contributed by atoms with Gasteiger partial charge in [0, 0.05) is 17.2 Å². The molecule has 0 aliphatic carbocycles. The van der Waals surface area contributed by atoms with Gasteiger partial charge < -0.3 is 10.0 Å². The maximum absolute atomic E-state index is 12.9. The van der Waals surface area contributed by atoms with Crippen molar-refractivity contribution in [3.05, 3.63) is 33.1 Å². The number of carbonyl (C=O) groups is 2. The standard InChI is InChI=1S/C11H11FINO3/c1-14(5-4-10(15)16)11(17)8-3-2-7(12)6-9(8)13/h2-3,6H,4-5H2,1H3,(H,15,16). The van der Waals surface area contributed by atoms with Gasteiger partial charge in [0.25, 0.3) is 5.91 Å². The molecule has 1 aromatic carbocycles. The summed E-state index contributed by atoms with van der Waals surface area (Å²) in [5.41, 5.74) is 0.375. The lowest BCUT2D eigenvalue weighted by Gasteiger charge is -2.16. The maximum Gasteiger partial charge on any atom is 0.305 e. The van der Waals surface area contributed by atoms with E-state index in [4.69, 9.17) is 5.11 Å². The van der Waals surface area contributed by atoms with Gasteiger partial charge in [-0.3, -0.25) is 9.59 Å². The highest BCUT2D eigenvalue weighted by Gasteiger charge is 2.15. The molecule has 0 unspecified atom stereocenters. The summed E-state index contributed by atoms with van der Waals surface area (Å²) in [4.78, 5) is 23.6. The van der Waals surface area contributed by atoms with Crippen molar-refractivity contribution >= 4 is 34.5 Å². The number of nitrogens with zero attached hydrogens (tertiary/aromatic N) is 1. The number of hydrogen-bond acceptors (Lipinski definition) is 2. The van der Waals surface area contributed by atoms with Gasteiger partial charge in [0.15, 0.2) is 0 Å². The zero-order chi connectivity index (χ0) is 13.0. The summed E-state index contributed by atoms with van der Waals surface area (Å²) in [5.74, 6) is -1.67. The third-order valence-corrected chi connectivity index (χ3v) is 3.06. The molecule has 1 aromatic rings. The molecule has 6 heteroatoms. The Labute approximate surface area is 112 Å². The molecular formula is C11H11FINO3. The van der Waals surface area contributed by atoms with E-state index in [0.29, 0.717) is 9.13 Å². The van der Waals surface area contributed by atoms with Gasteiger partial charge in [-0.1, -0.05) is 0 Å². The molecule has 0 aromatic heterocycles. The second-order valence-corrected chi connectivity index (χ2v) is 4.66. The van der Waals surface area contributed by atoms with E-state index in [-0.39, 0.29) is 18.9 Å². The van der Waals surface area contributed by atoms with Crippen LogP contribution in [-0.2, 0) is 4.79 Å². The van der Waals surface area contributed by atoms with Crippen LogP contribution in [0.1, 0.15) is 16.8 Å². The zero-order valence-electron chi connectivity index (χ0n) is 9.11. The summed E-state index contributed by atoms with van der Waals surface area (Å²) >= 11 is 1.87. The number of carbonyl (C=O) groups excluding carboxylic acids is 1. The molecule has 0 saturated heterocycles. The third kappa shape index (κ3) is 3.95. The van der Waals surface area contributed by atoms with E-state index in [1.165, 1.54) is 30.1 Å². The van der Waals surface area contributed by atoms with Crippen LogP contribution in [0, 0.1) is 9.39 Å². The Bertz CT molecular complexity index is 450. The lowest BCUT2D eigenvalue weighted by atomic mass is 10.2. The quantitative estimate of drug-likeness (QED) is 0.844. The highest BCUT2D eigenvalue weighted by atomic mass is 127. The van der Waals surface area contributed by atoms with Crippen LogP contribution in [0.2, 0.25) is 0 Å². The molecule has 0 bridgehead atoms. The van der Waals surface area contributed by atoms with E-state index in [1.54, 1.807) is 0 Å². The molecule has 92 valence electrons. The molecule has 0 aliphatic rings. The SMILES string of the molecule is CN(CCC(=O)O)C(=O)c1ccc(F)cc1I. The van der Waals surface area contributed by atoms with Gasteiger partial charge in [-0.15, -0.1) is 0 Å². The van der Waals surface area contributed by atoms with Crippen LogP contribution >= 0.6 is 22.6 Å². The van der Waals surface area contributed by atoms with Crippen molar-refractivity contribution in [1.82, 2.24) is 4.90 Å². The number of halogens is 2. The fraction of sp³-hybridized carbons (Fsp3) is 0.273. The lowest BCUT2D eigenvalue weighted by molar-refractivity contribution is -0.137. The molecule has 0 spiro atoms. The number of rotatable bonds is 4. The minimum Gasteiger partial charge on any atom is -0.481 e. The Morgan fingerprint density at radius 2 is 2.12 bits per heavy atom. The van der Waals surface area contributed by atoms with Crippen LogP contribution in [0.3, 0.4) is 0 Å². The van der Waals surface area contributed by atoms with Crippen molar-refractivity contribution in [2.75, 3.05) is 13.6 Å². The second-order valence-electron chi connectivity index (χ2n) is 3.49. The number of carboxylic acid groups (broad SMARTS) is 1. The smallest absolute Gasteiger partial charge is 0.305 e. The van der Waals surface area contributed by atoms with Crippen molar-refractivity contribution < 1.29 is 19.1 Å². The van der Waals surface area contributed by atoms with E-state index in [1.807, 2.05) is 22.6 Å². The molecule has 0 heterocycles. The highest BCUT2D eigenvalue weighted by Crippen LogP contribution is 2.15. The van der Waals surface area contributed by atoms with Gasteiger partial charge in [0.05, 0.1) is 12.0 Å². The number of amides is 1. The van der Waals surface area contributed by atoms with Crippen molar-refractivity contribution in [1.29, 1.82) is 0 Å². The normalized spacial score (nSPS) is 10.1. The Balaban J connectivity index is 2.78. The van der Waals surface area contributed by atoms with E-state index >= 15 is 0 Å². The third-order valence-electron chi connectivity index (χ3n) is 2.17. The molecule has 0 aliphatic heterocycles. The molecule has 0 fully saturated rings. The summed E-state index contributed by atoms with van der Waals surface area (Å²) in [5, 5.41) is 8.52. The lowest BCUT2D eigenvalue weighted by Crippen LogP contribution is -2.29. The van der Waals surface area contributed by atoms with Crippen LogP contribution in [0.15, 0.2) is 18.2 Å². The Hall–Kier alpha value is -1.18. The van der Waals surface area contributed by atoms with Crippen molar-refractivity contribution in [3.63, 3.8) is 0 Å². The van der Waals surface area contributed by atoms with E-state index in [2.05, 4.69) is 0 Å². The second kappa shape index (κ2) is 5.95. The number of aliphatic carboxylic acids is 1. The number of carboxylic acids is 1. The van der Waals surface area contributed by atoms with Crippen molar-refractivity contribution in [2.45, 2.75) is 6.42 Å². The van der Waals surface area contributed by atoms with Gasteiger partial charge in [0.1, 0.15) is 5.82 Å². The van der Waals surface area contributed by atoms with E-state index in [0.717, 1.165) is 0 Å². The average Bonchev–Trinajstić information content (AvgIpc) is 2.25. The first-order valence-corrected chi connectivity index (χ1v) is 5.92. The van der Waals surface area contributed by atoms with Crippen LogP contribution in [-0.4, -0.2) is 35.5 Å². The maximum atomic E-state index is 12.9. The topological polar surface area (TPSA) is 57.6 Å². The summed E-state index contributed by atoms with van der Waals surface area (Å²) in [7, 11) is 1.52. The van der Waals surface area contributed by atoms with Gasteiger partial charge in [-0.05, 0) is 40.8 Å². The summed E-state index contributed by atoms with van der Waals surface area (Å²) in [6.45, 7) is 0.127. The number of benzene rings is 1. The Morgan fingerprint density at radius 1 is 1.47 bits per heavy atom. The Kier molecular flexibility index (Phi) is 4.86. The molecule has 1 N–H and O–H groups in total. The highest BCUT2D eigenvalue weighted by molar-refractivity contribution is 14.1. The fourth-order valence-electron chi connectivity index (χ4n) is 1.23. The molecule has 17 heavy (non-hydrogen) atoms. The molecule has 1 amide bonds.